The van der Waals surface area contributed by atoms with Crippen molar-refractivity contribution in [2.45, 2.75) is 24.0 Å². The van der Waals surface area contributed by atoms with E-state index >= 15 is 0 Å². The molecule has 0 spiro atoms. The Labute approximate surface area is 165 Å². The predicted octanol–water partition coefficient (Wildman–Crippen LogP) is 2.95. The van der Waals surface area contributed by atoms with Crippen LogP contribution in [-0.4, -0.2) is 42.1 Å². The molecule has 1 saturated carbocycles. The average Bonchev–Trinajstić information content (AvgIpc) is 3.33. The van der Waals surface area contributed by atoms with Crippen LogP contribution in [0.1, 0.15) is 12.8 Å². The van der Waals surface area contributed by atoms with E-state index in [9.17, 15) is 4.79 Å². The number of amides is 1. The number of hydrogen-bond donors (Lipinski definition) is 1. The molecule has 4 aromatic rings. The van der Waals surface area contributed by atoms with E-state index in [4.69, 9.17) is 5.10 Å². The summed E-state index contributed by atoms with van der Waals surface area (Å²) in [5.41, 5.74) is 1.94. The number of carbonyl (C=O) groups excluding carboxylic acids is 1. The van der Waals surface area contributed by atoms with Gasteiger partial charge in [-0.05, 0) is 25.0 Å². The Morgan fingerprint density at radius 2 is 1.75 bits per heavy atom. The first-order chi connectivity index (χ1) is 13.8. The first-order valence-electron chi connectivity index (χ1n) is 9.17. The Morgan fingerprint density at radius 3 is 2.46 bits per heavy atom. The van der Waals surface area contributed by atoms with Gasteiger partial charge in [0.05, 0.1) is 11.4 Å². The van der Waals surface area contributed by atoms with Gasteiger partial charge < -0.3 is 5.32 Å². The van der Waals surface area contributed by atoms with Gasteiger partial charge in [0, 0.05) is 11.6 Å². The van der Waals surface area contributed by atoms with Gasteiger partial charge in [-0.15, -0.1) is 15.3 Å². The molecule has 0 aliphatic heterocycles. The summed E-state index contributed by atoms with van der Waals surface area (Å²) in [6.45, 7) is 0. The Kier molecular flexibility index (Phi) is 4.32. The van der Waals surface area contributed by atoms with Gasteiger partial charge in [-0.3, -0.25) is 9.36 Å². The van der Waals surface area contributed by atoms with Gasteiger partial charge in [0.1, 0.15) is 0 Å². The molecular formula is C20H18N6OS. The fourth-order valence-corrected chi connectivity index (χ4v) is 3.71. The molecular weight excluding hydrogens is 372 g/mol. The highest BCUT2D eigenvalue weighted by molar-refractivity contribution is 7.99. The normalized spacial score (nSPS) is 13.7. The van der Waals surface area contributed by atoms with Crippen LogP contribution in [0.4, 0.5) is 0 Å². The Balaban J connectivity index is 1.54. The van der Waals surface area contributed by atoms with E-state index in [-0.39, 0.29) is 5.91 Å². The molecule has 0 atom stereocenters. The lowest BCUT2D eigenvalue weighted by Crippen LogP contribution is -2.27. The summed E-state index contributed by atoms with van der Waals surface area (Å²) < 4.78 is 3.70. The third kappa shape index (κ3) is 3.27. The molecule has 28 heavy (non-hydrogen) atoms. The molecule has 0 bridgehead atoms. The van der Waals surface area contributed by atoms with Crippen LogP contribution in [0.5, 0.6) is 0 Å². The lowest BCUT2D eigenvalue weighted by atomic mass is 10.2. The van der Waals surface area contributed by atoms with Crippen molar-refractivity contribution in [3.63, 3.8) is 0 Å². The molecule has 7 nitrogen and oxygen atoms in total. The van der Waals surface area contributed by atoms with Gasteiger partial charge >= 0.3 is 0 Å². The Hall–Kier alpha value is -3.13. The van der Waals surface area contributed by atoms with E-state index in [1.54, 1.807) is 4.52 Å². The van der Waals surface area contributed by atoms with Crippen molar-refractivity contribution in [1.29, 1.82) is 0 Å². The number of thioether (sulfide) groups is 1. The van der Waals surface area contributed by atoms with Crippen LogP contribution in [0.2, 0.25) is 0 Å². The molecule has 140 valence electrons. The maximum atomic E-state index is 12.0. The maximum Gasteiger partial charge on any atom is 0.259 e. The first-order valence-corrected chi connectivity index (χ1v) is 10.2. The fraction of sp³-hybridized carbons (Fsp3) is 0.200. The molecule has 1 aliphatic rings. The summed E-state index contributed by atoms with van der Waals surface area (Å²) in [7, 11) is 0. The highest BCUT2D eigenvalue weighted by Crippen LogP contribution is 2.27. The number of fused-ring (bicyclic) bond motifs is 1. The van der Waals surface area contributed by atoms with Gasteiger partial charge in [-0.2, -0.15) is 4.52 Å². The number of nitrogens with one attached hydrogen (secondary N) is 1. The summed E-state index contributed by atoms with van der Waals surface area (Å²) in [6.07, 6.45) is 2.15. The van der Waals surface area contributed by atoms with Crippen molar-refractivity contribution in [2.24, 2.45) is 0 Å². The van der Waals surface area contributed by atoms with Gasteiger partial charge in [0.15, 0.2) is 5.82 Å². The lowest BCUT2D eigenvalue weighted by Gasteiger charge is -2.06. The number of aromatic nitrogens is 5. The zero-order chi connectivity index (χ0) is 18.9. The molecule has 2 aromatic carbocycles. The highest BCUT2D eigenvalue weighted by atomic mass is 32.2. The van der Waals surface area contributed by atoms with E-state index in [1.807, 2.05) is 65.2 Å². The van der Waals surface area contributed by atoms with Crippen LogP contribution in [0.3, 0.4) is 0 Å². The standard InChI is InChI=1S/C20H18N6OS/c27-17(21-15-11-12-15)13-28-20-23-22-19-25(16-9-5-2-6-10-16)18(24-26(19)20)14-7-3-1-4-8-14/h1-10,15H,11-13H2,(H,21,27). The molecule has 2 aromatic heterocycles. The second-order valence-corrected chi connectivity index (χ2v) is 7.63. The zero-order valence-corrected chi connectivity index (χ0v) is 15.8. The molecule has 8 heteroatoms. The first kappa shape index (κ1) is 17.0. The maximum absolute atomic E-state index is 12.0. The number of para-hydroxylation sites is 1. The number of hydrogen-bond acceptors (Lipinski definition) is 5. The molecule has 1 aliphatic carbocycles. The average molecular weight is 390 g/mol. The van der Waals surface area contributed by atoms with E-state index in [0.717, 1.165) is 29.9 Å². The number of nitrogens with zero attached hydrogens (tertiary/aromatic N) is 5. The van der Waals surface area contributed by atoms with Crippen molar-refractivity contribution in [3.8, 4) is 17.1 Å². The topological polar surface area (TPSA) is 77.1 Å². The monoisotopic (exact) mass is 390 g/mol. The van der Waals surface area contributed by atoms with Crippen LogP contribution in [0, 0.1) is 0 Å². The predicted molar refractivity (Wildman–Crippen MR) is 107 cm³/mol. The van der Waals surface area contributed by atoms with E-state index in [0.29, 0.717) is 22.7 Å². The van der Waals surface area contributed by atoms with Crippen LogP contribution < -0.4 is 5.32 Å². The highest BCUT2D eigenvalue weighted by Gasteiger charge is 2.24. The third-order valence-corrected chi connectivity index (χ3v) is 5.44. The Bertz CT molecular complexity index is 1120. The molecule has 5 rings (SSSR count). The van der Waals surface area contributed by atoms with E-state index in [1.165, 1.54) is 11.8 Å². The summed E-state index contributed by atoms with van der Waals surface area (Å²) in [5, 5.41) is 17.0. The molecule has 1 N–H and O–H groups in total. The Morgan fingerprint density at radius 1 is 1.04 bits per heavy atom. The van der Waals surface area contributed by atoms with Crippen molar-refractivity contribution < 1.29 is 4.79 Å². The number of benzene rings is 2. The van der Waals surface area contributed by atoms with Gasteiger partial charge in [0.25, 0.3) is 5.78 Å². The second kappa shape index (κ2) is 7.12. The number of carbonyl (C=O) groups is 1. The smallest absolute Gasteiger partial charge is 0.259 e. The molecule has 1 fully saturated rings. The second-order valence-electron chi connectivity index (χ2n) is 6.69. The van der Waals surface area contributed by atoms with Crippen molar-refractivity contribution in [2.75, 3.05) is 5.75 Å². The van der Waals surface area contributed by atoms with Crippen molar-refractivity contribution in [3.05, 3.63) is 60.7 Å². The minimum Gasteiger partial charge on any atom is -0.353 e. The number of rotatable bonds is 6. The molecule has 1 amide bonds. The fourth-order valence-electron chi connectivity index (χ4n) is 3.02. The SMILES string of the molecule is O=C(CSc1nnc2n(-c3ccccc3)c(-c3ccccc3)nn12)NC1CC1. The largest absolute Gasteiger partial charge is 0.353 e. The molecule has 0 saturated heterocycles. The van der Waals surface area contributed by atoms with Gasteiger partial charge in [-0.25, -0.2) is 0 Å². The molecule has 0 unspecified atom stereocenters. The summed E-state index contributed by atoms with van der Waals surface area (Å²) in [5.74, 6) is 1.72. The van der Waals surface area contributed by atoms with Crippen LogP contribution in [0.25, 0.3) is 22.9 Å². The molecule has 0 radical (unpaired) electrons. The van der Waals surface area contributed by atoms with Crippen LogP contribution >= 0.6 is 11.8 Å². The van der Waals surface area contributed by atoms with Crippen LogP contribution in [-0.2, 0) is 4.79 Å². The minimum atomic E-state index is 0.0232. The van der Waals surface area contributed by atoms with Crippen molar-refractivity contribution in [1.82, 2.24) is 29.7 Å². The van der Waals surface area contributed by atoms with Gasteiger partial charge in [-0.1, -0.05) is 60.3 Å². The molecule has 2 heterocycles. The summed E-state index contributed by atoms with van der Waals surface area (Å²) >= 11 is 1.35. The van der Waals surface area contributed by atoms with Crippen LogP contribution in [0.15, 0.2) is 65.8 Å². The van der Waals surface area contributed by atoms with E-state index in [2.05, 4.69) is 15.5 Å². The quantitative estimate of drug-likeness (QED) is 0.512. The summed E-state index contributed by atoms with van der Waals surface area (Å²) in [6, 6.07) is 20.3. The van der Waals surface area contributed by atoms with Crippen molar-refractivity contribution >= 4 is 23.4 Å². The zero-order valence-electron chi connectivity index (χ0n) is 15.0. The van der Waals surface area contributed by atoms with E-state index < -0.39 is 0 Å². The third-order valence-electron chi connectivity index (χ3n) is 4.52. The minimum absolute atomic E-state index is 0.0232. The lowest BCUT2D eigenvalue weighted by molar-refractivity contribution is -0.118. The summed E-state index contributed by atoms with van der Waals surface area (Å²) in [4.78, 5) is 12.0. The van der Waals surface area contributed by atoms with Gasteiger partial charge in [0.2, 0.25) is 11.1 Å².